The number of phenolic OH excluding ortho intramolecular Hbond substituents is 1. The van der Waals surface area contributed by atoms with Crippen molar-refractivity contribution in [3.8, 4) is 5.75 Å². The van der Waals surface area contributed by atoms with E-state index in [0.29, 0.717) is 5.56 Å². The van der Waals surface area contributed by atoms with E-state index in [2.05, 4.69) is 10.6 Å². The molecule has 0 saturated carbocycles. The van der Waals surface area contributed by atoms with Gasteiger partial charge in [-0.05, 0) is 29.7 Å². The van der Waals surface area contributed by atoms with Crippen molar-refractivity contribution in [3.63, 3.8) is 0 Å². The van der Waals surface area contributed by atoms with Gasteiger partial charge in [-0.3, -0.25) is 9.59 Å². The number of nitrogens with one attached hydrogen (secondary N) is 2. The first-order chi connectivity index (χ1) is 15.7. The second kappa shape index (κ2) is 12.7. The van der Waals surface area contributed by atoms with Crippen molar-refractivity contribution in [1.82, 2.24) is 10.6 Å². The second-order valence-electron chi connectivity index (χ2n) is 7.34. The number of carboxylic acid groups (broad SMARTS) is 2. The van der Waals surface area contributed by atoms with E-state index in [0.717, 1.165) is 5.56 Å². The largest absolute Gasteiger partial charge is 0.508 e. The Morgan fingerprint density at radius 1 is 0.909 bits per heavy atom. The van der Waals surface area contributed by atoms with Gasteiger partial charge in [-0.15, -0.1) is 0 Å². The Kier molecular flexibility index (Phi) is 9.69. The van der Waals surface area contributed by atoms with E-state index in [-0.39, 0.29) is 38.2 Å². The molecule has 0 heterocycles. The molecule has 0 unspecified atom stereocenters. The van der Waals surface area contributed by atoms with Gasteiger partial charge in [-0.1, -0.05) is 42.5 Å². The fourth-order valence-corrected chi connectivity index (χ4v) is 2.96. The van der Waals surface area contributed by atoms with Crippen LogP contribution < -0.4 is 10.6 Å². The third-order valence-corrected chi connectivity index (χ3v) is 4.77. The molecule has 0 aliphatic carbocycles. The number of carbonyl (C=O) groups excluding carboxylic acids is 2. The summed E-state index contributed by atoms with van der Waals surface area (Å²) in [5.41, 5.74) is 1.34. The summed E-state index contributed by atoms with van der Waals surface area (Å²) >= 11 is 0. The first kappa shape index (κ1) is 25.2. The van der Waals surface area contributed by atoms with Crippen molar-refractivity contribution in [2.75, 3.05) is 6.54 Å². The number of amides is 2. The van der Waals surface area contributed by atoms with Gasteiger partial charge in [-0.2, -0.15) is 0 Å². The average Bonchev–Trinajstić information content (AvgIpc) is 2.79. The van der Waals surface area contributed by atoms with Crippen LogP contribution >= 0.6 is 0 Å². The van der Waals surface area contributed by atoms with Crippen LogP contribution in [0.1, 0.15) is 24.0 Å². The van der Waals surface area contributed by atoms with Crippen LogP contribution in [-0.4, -0.2) is 51.8 Å². The first-order valence-electron chi connectivity index (χ1n) is 10.2. The Labute approximate surface area is 190 Å². The molecule has 2 aromatic carbocycles. The Balaban J connectivity index is 1.95. The summed E-state index contributed by atoms with van der Waals surface area (Å²) in [5.74, 6) is -4.06. The van der Waals surface area contributed by atoms with Crippen molar-refractivity contribution in [2.24, 2.45) is 5.92 Å². The molecular weight excluding hydrogens is 432 g/mol. The predicted molar refractivity (Wildman–Crippen MR) is 116 cm³/mol. The summed E-state index contributed by atoms with van der Waals surface area (Å²) in [6.45, 7) is -0.204. The molecule has 2 rings (SSSR count). The Morgan fingerprint density at radius 2 is 1.58 bits per heavy atom. The van der Waals surface area contributed by atoms with E-state index in [1.807, 2.05) is 6.07 Å². The zero-order valence-electron chi connectivity index (χ0n) is 17.8. The fourth-order valence-electron chi connectivity index (χ4n) is 2.96. The van der Waals surface area contributed by atoms with Gasteiger partial charge in [0.25, 0.3) is 0 Å². The molecule has 2 amide bonds. The standard InChI is InChI=1S/C23H26N2O8/c26-18-9-6-15(7-10-18)12-19(22(30)31)25-21(29)17(8-11-20(27)28)13-24-23(32)33-14-16-4-2-1-3-5-16/h1-7,9-10,17,19,26H,8,11-14H2,(H,24,32)(H,25,29)(H,27,28)(H,30,31)/t17-,19-/m0/s1. The molecule has 5 N–H and O–H groups in total. The number of aromatic hydroxyl groups is 1. The molecule has 0 aromatic heterocycles. The van der Waals surface area contributed by atoms with Crippen LogP contribution in [0.2, 0.25) is 0 Å². The molecule has 0 aliphatic heterocycles. The zero-order valence-corrected chi connectivity index (χ0v) is 17.8. The monoisotopic (exact) mass is 458 g/mol. The van der Waals surface area contributed by atoms with Crippen molar-refractivity contribution < 1.29 is 39.2 Å². The van der Waals surface area contributed by atoms with E-state index in [9.17, 15) is 29.4 Å². The van der Waals surface area contributed by atoms with Crippen LogP contribution in [0.15, 0.2) is 54.6 Å². The maximum Gasteiger partial charge on any atom is 0.407 e. The Hall–Kier alpha value is -4.08. The van der Waals surface area contributed by atoms with Gasteiger partial charge in [0.15, 0.2) is 0 Å². The molecule has 0 radical (unpaired) electrons. The quantitative estimate of drug-likeness (QED) is 0.322. The normalized spacial score (nSPS) is 12.2. The van der Waals surface area contributed by atoms with Crippen LogP contribution in [0.25, 0.3) is 0 Å². The number of benzene rings is 2. The van der Waals surface area contributed by atoms with Gasteiger partial charge in [0.05, 0.1) is 5.92 Å². The lowest BCUT2D eigenvalue weighted by atomic mass is 10.00. The predicted octanol–water partition coefficient (Wildman–Crippen LogP) is 1.91. The SMILES string of the molecule is O=C(O)CC[C@@H](CNC(=O)OCc1ccccc1)C(=O)N[C@@H](Cc1ccc(O)cc1)C(=O)O. The summed E-state index contributed by atoms with van der Waals surface area (Å²) in [4.78, 5) is 47.3. The number of ether oxygens (including phenoxy) is 1. The maximum atomic E-state index is 12.7. The minimum Gasteiger partial charge on any atom is -0.508 e. The van der Waals surface area contributed by atoms with Crippen LogP contribution in [0.4, 0.5) is 4.79 Å². The Morgan fingerprint density at radius 3 is 2.18 bits per heavy atom. The number of rotatable bonds is 12. The Bertz CT molecular complexity index is 947. The van der Waals surface area contributed by atoms with Crippen molar-refractivity contribution in [1.29, 1.82) is 0 Å². The molecule has 0 fully saturated rings. The summed E-state index contributed by atoms with van der Waals surface area (Å²) in [6, 6.07) is 13.5. The number of carboxylic acids is 2. The first-order valence-corrected chi connectivity index (χ1v) is 10.2. The number of aliphatic carboxylic acids is 2. The third-order valence-electron chi connectivity index (χ3n) is 4.77. The summed E-state index contributed by atoms with van der Waals surface area (Å²) in [6.07, 6.45) is -1.27. The molecule has 2 atom stereocenters. The van der Waals surface area contributed by atoms with Gasteiger partial charge in [0.1, 0.15) is 18.4 Å². The van der Waals surface area contributed by atoms with E-state index in [4.69, 9.17) is 9.84 Å². The highest BCUT2D eigenvalue weighted by Crippen LogP contribution is 2.13. The fraction of sp³-hybridized carbons (Fsp3) is 0.304. The highest BCUT2D eigenvalue weighted by Gasteiger charge is 2.26. The van der Waals surface area contributed by atoms with Crippen molar-refractivity contribution in [2.45, 2.75) is 31.9 Å². The van der Waals surface area contributed by atoms with E-state index >= 15 is 0 Å². The van der Waals surface area contributed by atoms with Crippen LogP contribution in [-0.2, 0) is 32.1 Å². The molecular formula is C23H26N2O8. The molecule has 176 valence electrons. The van der Waals surface area contributed by atoms with Gasteiger partial charge in [0.2, 0.25) is 5.91 Å². The van der Waals surface area contributed by atoms with Gasteiger partial charge in [0, 0.05) is 19.4 Å². The van der Waals surface area contributed by atoms with Gasteiger partial charge in [-0.25, -0.2) is 9.59 Å². The molecule has 10 heteroatoms. The lowest BCUT2D eigenvalue weighted by Gasteiger charge is -2.20. The smallest absolute Gasteiger partial charge is 0.407 e. The number of hydrogen-bond acceptors (Lipinski definition) is 6. The highest BCUT2D eigenvalue weighted by atomic mass is 16.5. The average molecular weight is 458 g/mol. The van der Waals surface area contributed by atoms with Gasteiger partial charge < -0.3 is 30.7 Å². The molecule has 0 saturated heterocycles. The van der Waals surface area contributed by atoms with E-state index in [1.165, 1.54) is 24.3 Å². The summed E-state index contributed by atoms with van der Waals surface area (Å²) in [7, 11) is 0. The topological polar surface area (TPSA) is 162 Å². The minimum atomic E-state index is -1.28. The van der Waals surface area contributed by atoms with Crippen LogP contribution in [0, 0.1) is 5.92 Å². The zero-order chi connectivity index (χ0) is 24.2. The minimum absolute atomic E-state index is 0.0202. The molecule has 2 aromatic rings. The molecule has 0 aliphatic rings. The van der Waals surface area contributed by atoms with Crippen molar-refractivity contribution >= 4 is 23.9 Å². The third kappa shape index (κ3) is 9.30. The number of carbonyl (C=O) groups is 4. The molecule has 0 bridgehead atoms. The van der Waals surface area contributed by atoms with Crippen LogP contribution in [0.5, 0.6) is 5.75 Å². The number of hydrogen-bond donors (Lipinski definition) is 5. The summed E-state index contributed by atoms with van der Waals surface area (Å²) in [5, 5.41) is 32.6. The van der Waals surface area contributed by atoms with E-state index < -0.39 is 35.9 Å². The van der Waals surface area contributed by atoms with Crippen molar-refractivity contribution in [3.05, 3.63) is 65.7 Å². The number of alkyl carbamates (subject to hydrolysis) is 1. The van der Waals surface area contributed by atoms with Gasteiger partial charge >= 0.3 is 18.0 Å². The second-order valence-corrected chi connectivity index (χ2v) is 7.34. The number of phenols is 1. The maximum absolute atomic E-state index is 12.7. The van der Waals surface area contributed by atoms with Crippen LogP contribution in [0.3, 0.4) is 0 Å². The summed E-state index contributed by atoms with van der Waals surface area (Å²) < 4.78 is 5.08. The molecule has 0 spiro atoms. The lowest BCUT2D eigenvalue weighted by molar-refractivity contribution is -0.143. The van der Waals surface area contributed by atoms with E-state index in [1.54, 1.807) is 24.3 Å². The lowest BCUT2D eigenvalue weighted by Crippen LogP contribution is -2.47. The molecule has 10 nitrogen and oxygen atoms in total. The molecule has 33 heavy (non-hydrogen) atoms. The highest BCUT2D eigenvalue weighted by molar-refractivity contribution is 5.86.